The van der Waals surface area contributed by atoms with E-state index in [2.05, 4.69) is 17.0 Å². The van der Waals surface area contributed by atoms with Crippen molar-refractivity contribution in [2.75, 3.05) is 4.90 Å². The SMILES string of the molecule is N#CC1(C#N)[C@H](c2ccccc2)[C@@H](C(=O)C2CC2)N2c3ccccc3C=C[C@@H]21. The summed E-state index contributed by atoms with van der Waals surface area (Å²) in [5.41, 5.74) is 1.51. The second-order valence-corrected chi connectivity index (χ2v) is 7.87. The minimum Gasteiger partial charge on any atom is -0.351 e. The minimum atomic E-state index is -1.32. The molecule has 0 amide bonds. The first-order valence-corrected chi connectivity index (χ1v) is 9.68. The Balaban J connectivity index is 1.77. The molecule has 0 radical (unpaired) electrons. The van der Waals surface area contributed by atoms with Gasteiger partial charge in [0.25, 0.3) is 0 Å². The van der Waals surface area contributed by atoms with Gasteiger partial charge in [-0.05, 0) is 30.0 Å². The van der Waals surface area contributed by atoms with E-state index in [4.69, 9.17) is 0 Å². The van der Waals surface area contributed by atoms with E-state index in [1.165, 1.54) is 0 Å². The number of carbonyl (C=O) groups excluding carboxylic acids is 1. The number of anilines is 1. The molecule has 2 aromatic rings. The lowest BCUT2D eigenvalue weighted by Gasteiger charge is -2.35. The van der Waals surface area contributed by atoms with E-state index in [9.17, 15) is 15.3 Å². The summed E-state index contributed by atoms with van der Waals surface area (Å²) < 4.78 is 0. The van der Waals surface area contributed by atoms with Crippen molar-refractivity contribution in [3.63, 3.8) is 0 Å². The van der Waals surface area contributed by atoms with Crippen LogP contribution in [0.5, 0.6) is 0 Å². The molecule has 1 saturated heterocycles. The highest BCUT2D eigenvalue weighted by Crippen LogP contribution is 2.56. The lowest BCUT2D eigenvalue weighted by molar-refractivity contribution is -0.121. The summed E-state index contributed by atoms with van der Waals surface area (Å²) in [6, 6.07) is 21.3. The lowest BCUT2D eigenvalue weighted by Crippen LogP contribution is -2.44. The summed E-state index contributed by atoms with van der Waals surface area (Å²) in [4.78, 5) is 15.5. The van der Waals surface area contributed by atoms with Gasteiger partial charge in [0.2, 0.25) is 0 Å². The van der Waals surface area contributed by atoms with Gasteiger partial charge in [-0.25, -0.2) is 0 Å². The van der Waals surface area contributed by atoms with E-state index >= 15 is 0 Å². The quantitative estimate of drug-likeness (QED) is 0.822. The van der Waals surface area contributed by atoms with Crippen molar-refractivity contribution in [1.29, 1.82) is 10.5 Å². The Morgan fingerprint density at radius 3 is 2.36 bits per heavy atom. The van der Waals surface area contributed by atoms with Crippen LogP contribution in [0, 0.1) is 34.0 Å². The minimum absolute atomic E-state index is 0.0446. The molecule has 0 bridgehead atoms. The standard InChI is InChI=1S/C24H19N3O/c25-14-24(15-26)20-13-12-16-6-4-5-9-19(16)27(20)22(23(28)18-10-11-18)21(24)17-7-2-1-3-8-17/h1-9,12-13,18,20-22H,10-11H2/t20-,21-,22+/m1/s1. The number of hydrogen-bond donors (Lipinski definition) is 0. The third-order valence-corrected chi connectivity index (χ3v) is 6.35. The Kier molecular flexibility index (Phi) is 3.64. The summed E-state index contributed by atoms with van der Waals surface area (Å²) in [5, 5.41) is 20.5. The number of rotatable bonds is 3. The van der Waals surface area contributed by atoms with E-state index in [1.54, 1.807) is 0 Å². The zero-order valence-corrected chi connectivity index (χ0v) is 15.3. The summed E-state index contributed by atoms with van der Waals surface area (Å²) in [6.07, 6.45) is 5.72. The maximum absolute atomic E-state index is 13.5. The van der Waals surface area contributed by atoms with Crippen molar-refractivity contribution in [2.45, 2.75) is 30.8 Å². The van der Waals surface area contributed by atoms with Crippen LogP contribution in [0.2, 0.25) is 0 Å². The summed E-state index contributed by atoms with van der Waals surface area (Å²) >= 11 is 0. The topological polar surface area (TPSA) is 67.9 Å². The molecule has 3 atom stereocenters. The molecule has 0 aromatic heterocycles. The number of nitrogens with zero attached hydrogens (tertiary/aromatic N) is 3. The average Bonchev–Trinajstić information content (AvgIpc) is 3.56. The number of benzene rings is 2. The maximum atomic E-state index is 13.5. The molecule has 0 N–H and O–H groups in total. The number of nitriles is 2. The van der Waals surface area contributed by atoms with Gasteiger partial charge in [-0.15, -0.1) is 0 Å². The van der Waals surface area contributed by atoms with Crippen LogP contribution in [0.15, 0.2) is 60.7 Å². The van der Waals surface area contributed by atoms with E-state index in [0.29, 0.717) is 0 Å². The van der Waals surface area contributed by atoms with E-state index in [1.807, 2.05) is 66.7 Å². The van der Waals surface area contributed by atoms with Crippen LogP contribution in [-0.2, 0) is 4.79 Å². The van der Waals surface area contributed by atoms with Gasteiger partial charge in [0.1, 0.15) is 0 Å². The van der Waals surface area contributed by atoms with E-state index < -0.39 is 23.4 Å². The van der Waals surface area contributed by atoms with Crippen LogP contribution in [0.1, 0.15) is 29.9 Å². The van der Waals surface area contributed by atoms with Crippen molar-refractivity contribution in [2.24, 2.45) is 11.3 Å². The Bertz CT molecular complexity index is 1040. The highest BCUT2D eigenvalue weighted by atomic mass is 16.1. The number of para-hydroxylation sites is 1. The van der Waals surface area contributed by atoms with Crippen molar-refractivity contribution in [3.05, 3.63) is 71.8 Å². The normalized spacial score (nSPS) is 26.6. The second kappa shape index (κ2) is 6.08. The molecular formula is C24H19N3O. The number of carbonyl (C=O) groups is 1. The van der Waals surface area contributed by atoms with Crippen molar-refractivity contribution in [3.8, 4) is 12.1 Å². The molecule has 1 saturated carbocycles. The predicted molar refractivity (Wildman–Crippen MR) is 106 cm³/mol. The highest BCUT2D eigenvalue weighted by Gasteiger charge is 2.64. The summed E-state index contributed by atoms with van der Waals surface area (Å²) in [5.74, 6) is -0.281. The second-order valence-electron chi connectivity index (χ2n) is 7.87. The van der Waals surface area contributed by atoms with Gasteiger partial charge in [0.15, 0.2) is 11.2 Å². The number of hydrogen-bond acceptors (Lipinski definition) is 4. The first-order valence-electron chi connectivity index (χ1n) is 9.68. The fraction of sp³-hybridized carbons (Fsp3) is 0.292. The number of Topliss-reactive ketones (excluding diaryl/α,β-unsaturated/α-hetero) is 1. The fourth-order valence-electron chi connectivity index (χ4n) is 4.90. The molecule has 136 valence electrons. The monoisotopic (exact) mass is 365 g/mol. The molecule has 0 unspecified atom stereocenters. The molecule has 2 heterocycles. The number of ketones is 1. The third kappa shape index (κ3) is 2.18. The van der Waals surface area contributed by atoms with Gasteiger partial charge in [-0.3, -0.25) is 4.79 Å². The van der Waals surface area contributed by atoms with Gasteiger partial charge in [-0.1, -0.05) is 60.7 Å². The highest BCUT2D eigenvalue weighted by molar-refractivity contribution is 5.95. The van der Waals surface area contributed by atoms with Crippen LogP contribution in [0.3, 0.4) is 0 Å². The summed E-state index contributed by atoms with van der Waals surface area (Å²) in [7, 11) is 0. The Labute approximate surface area is 164 Å². The van der Waals surface area contributed by atoms with Crippen LogP contribution in [0.25, 0.3) is 6.08 Å². The molecule has 4 heteroatoms. The van der Waals surface area contributed by atoms with E-state index in [0.717, 1.165) is 29.7 Å². The van der Waals surface area contributed by atoms with Crippen LogP contribution >= 0.6 is 0 Å². The molecule has 2 aromatic carbocycles. The smallest absolute Gasteiger partial charge is 0.176 e. The van der Waals surface area contributed by atoms with Gasteiger partial charge >= 0.3 is 0 Å². The largest absolute Gasteiger partial charge is 0.351 e. The maximum Gasteiger partial charge on any atom is 0.176 e. The van der Waals surface area contributed by atoms with Crippen LogP contribution in [0.4, 0.5) is 5.69 Å². The fourth-order valence-corrected chi connectivity index (χ4v) is 4.90. The number of fused-ring (bicyclic) bond motifs is 3. The van der Waals surface area contributed by atoms with Gasteiger partial charge in [0.05, 0.1) is 24.2 Å². The first-order chi connectivity index (χ1) is 13.7. The zero-order valence-electron chi connectivity index (χ0n) is 15.3. The average molecular weight is 365 g/mol. The molecule has 2 aliphatic heterocycles. The molecular weight excluding hydrogens is 346 g/mol. The van der Waals surface area contributed by atoms with Crippen molar-refractivity contribution < 1.29 is 4.79 Å². The Morgan fingerprint density at radius 1 is 1.00 bits per heavy atom. The molecule has 28 heavy (non-hydrogen) atoms. The van der Waals surface area contributed by atoms with Gasteiger partial charge < -0.3 is 4.90 Å². The van der Waals surface area contributed by atoms with Gasteiger partial charge in [-0.2, -0.15) is 10.5 Å². The summed E-state index contributed by atoms with van der Waals surface area (Å²) in [6.45, 7) is 0. The van der Waals surface area contributed by atoms with Crippen molar-refractivity contribution >= 4 is 17.5 Å². The first kappa shape index (κ1) is 16.8. The molecule has 4 nitrogen and oxygen atoms in total. The molecule has 3 aliphatic rings. The molecule has 1 aliphatic carbocycles. The molecule has 5 rings (SSSR count). The van der Waals surface area contributed by atoms with Gasteiger partial charge in [0, 0.05) is 17.5 Å². The Morgan fingerprint density at radius 2 is 1.68 bits per heavy atom. The van der Waals surface area contributed by atoms with Crippen LogP contribution < -0.4 is 4.90 Å². The third-order valence-electron chi connectivity index (χ3n) is 6.35. The van der Waals surface area contributed by atoms with Crippen molar-refractivity contribution in [1.82, 2.24) is 0 Å². The predicted octanol–water partition coefficient (Wildman–Crippen LogP) is 4.07. The van der Waals surface area contributed by atoms with Crippen LogP contribution in [-0.4, -0.2) is 17.9 Å². The zero-order chi connectivity index (χ0) is 19.3. The molecule has 0 spiro atoms. The Hall–Kier alpha value is -3.37. The lowest BCUT2D eigenvalue weighted by atomic mass is 9.69. The molecule has 2 fully saturated rings. The van der Waals surface area contributed by atoms with E-state index in [-0.39, 0.29) is 11.7 Å².